The van der Waals surface area contributed by atoms with E-state index in [1.807, 2.05) is 0 Å². The molecule has 2 unspecified atom stereocenters. The monoisotopic (exact) mass is 240 g/mol. The second-order valence-corrected chi connectivity index (χ2v) is 5.02. The third kappa shape index (κ3) is 3.98. The molecule has 0 aromatic rings. The lowest BCUT2D eigenvalue weighted by atomic mass is 10.1. The quantitative estimate of drug-likeness (QED) is 0.662. The molecule has 0 spiro atoms. The Bertz CT molecular complexity index is 230. The van der Waals surface area contributed by atoms with Gasteiger partial charge >= 0.3 is 0 Å². The van der Waals surface area contributed by atoms with Crippen LogP contribution in [0.25, 0.3) is 0 Å². The van der Waals surface area contributed by atoms with Crippen molar-refractivity contribution in [1.82, 2.24) is 10.2 Å². The van der Waals surface area contributed by atoms with E-state index in [1.165, 1.54) is 12.8 Å². The van der Waals surface area contributed by atoms with Crippen molar-refractivity contribution in [3.63, 3.8) is 0 Å². The summed E-state index contributed by atoms with van der Waals surface area (Å²) in [6.45, 7) is 7.46. The fourth-order valence-corrected chi connectivity index (χ4v) is 2.50. The molecule has 3 nitrogen and oxygen atoms in total. The molecule has 0 radical (unpaired) electrons. The van der Waals surface area contributed by atoms with Crippen LogP contribution in [0.3, 0.4) is 0 Å². The lowest BCUT2D eigenvalue weighted by Crippen LogP contribution is -2.37. The van der Waals surface area contributed by atoms with Gasteiger partial charge in [0.1, 0.15) is 0 Å². The largest absolute Gasteiger partial charge is 0.326 e. The van der Waals surface area contributed by atoms with Crippen LogP contribution in [-0.4, -0.2) is 29.6 Å². The molecular weight excluding hydrogens is 212 g/mol. The van der Waals surface area contributed by atoms with E-state index in [4.69, 9.17) is 0 Å². The first kappa shape index (κ1) is 14.5. The lowest BCUT2D eigenvalue weighted by Gasteiger charge is -2.22. The van der Waals surface area contributed by atoms with E-state index in [-0.39, 0.29) is 12.2 Å². The van der Waals surface area contributed by atoms with Gasteiger partial charge in [-0.3, -0.25) is 10.1 Å². The average Bonchev–Trinajstić information content (AvgIpc) is 2.64. The number of hydrogen-bond donors (Lipinski definition) is 1. The van der Waals surface area contributed by atoms with Crippen LogP contribution in [0.4, 0.5) is 0 Å². The Morgan fingerprint density at radius 2 is 1.82 bits per heavy atom. The molecule has 1 aliphatic rings. The smallest absolute Gasteiger partial charge is 0.241 e. The minimum atomic E-state index is 0.0847. The summed E-state index contributed by atoms with van der Waals surface area (Å²) >= 11 is 0. The maximum absolute atomic E-state index is 12.2. The molecule has 0 bridgehead atoms. The van der Waals surface area contributed by atoms with Gasteiger partial charge in [-0.25, -0.2) is 0 Å². The standard InChI is InChI=1S/C14H28N2O/c1-4-7-9-11-16-13(6-3)15-12(14(16)17)10-8-5-2/h12-13,15H,4-11H2,1-3H3. The predicted octanol–water partition coefficient (Wildman–Crippen LogP) is 2.90. The molecule has 17 heavy (non-hydrogen) atoms. The molecular formula is C14H28N2O. The zero-order chi connectivity index (χ0) is 12.7. The van der Waals surface area contributed by atoms with Gasteiger partial charge in [0.2, 0.25) is 5.91 Å². The van der Waals surface area contributed by atoms with Crippen molar-refractivity contribution in [2.75, 3.05) is 6.54 Å². The SMILES string of the molecule is CCCCCN1C(=O)C(CCCC)NC1CC. The molecule has 2 atom stereocenters. The second-order valence-electron chi connectivity index (χ2n) is 5.02. The first-order chi connectivity index (χ1) is 8.24. The van der Waals surface area contributed by atoms with E-state index in [9.17, 15) is 4.79 Å². The number of amides is 1. The lowest BCUT2D eigenvalue weighted by molar-refractivity contribution is -0.130. The highest BCUT2D eigenvalue weighted by Crippen LogP contribution is 2.18. The molecule has 1 fully saturated rings. The van der Waals surface area contributed by atoms with Gasteiger partial charge in [-0.1, -0.05) is 46.5 Å². The van der Waals surface area contributed by atoms with Gasteiger partial charge in [0.15, 0.2) is 0 Å². The van der Waals surface area contributed by atoms with E-state index >= 15 is 0 Å². The fraction of sp³-hybridized carbons (Fsp3) is 0.929. The molecule has 1 amide bonds. The molecule has 1 heterocycles. The van der Waals surface area contributed by atoms with Gasteiger partial charge in [-0.2, -0.15) is 0 Å². The van der Waals surface area contributed by atoms with Crippen LogP contribution < -0.4 is 5.32 Å². The summed E-state index contributed by atoms with van der Waals surface area (Å²) in [6, 6.07) is 0.0847. The first-order valence-electron chi connectivity index (χ1n) is 7.31. The van der Waals surface area contributed by atoms with Crippen LogP contribution in [0.15, 0.2) is 0 Å². The molecule has 0 aliphatic carbocycles. The Morgan fingerprint density at radius 3 is 2.41 bits per heavy atom. The van der Waals surface area contributed by atoms with Crippen LogP contribution in [0.5, 0.6) is 0 Å². The van der Waals surface area contributed by atoms with Crippen molar-refractivity contribution >= 4 is 5.91 Å². The molecule has 1 N–H and O–H groups in total. The zero-order valence-electron chi connectivity index (χ0n) is 11.7. The van der Waals surface area contributed by atoms with Crippen LogP contribution in [0.1, 0.15) is 65.7 Å². The van der Waals surface area contributed by atoms with Gasteiger partial charge in [0.25, 0.3) is 0 Å². The molecule has 0 saturated carbocycles. The third-order valence-corrected chi connectivity index (χ3v) is 3.59. The Labute approximate surface area is 106 Å². The second kappa shape index (κ2) is 7.70. The highest BCUT2D eigenvalue weighted by atomic mass is 16.2. The Hall–Kier alpha value is -0.570. The van der Waals surface area contributed by atoms with Crippen LogP contribution in [-0.2, 0) is 4.79 Å². The molecule has 1 saturated heterocycles. The van der Waals surface area contributed by atoms with Gasteiger partial charge in [-0.05, 0) is 19.3 Å². The third-order valence-electron chi connectivity index (χ3n) is 3.59. The fourth-order valence-electron chi connectivity index (χ4n) is 2.50. The number of nitrogens with zero attached hydrogens (tertiary/aromatic N) is 1. The topological polar surface area (TPSA) is 32.3 Å². The van der Waals surface area contributed by atoms with Crippen molar-refractivity contribution < 1.29 is 4.79 Å². The van der Waals surface area contributed by atoms with Gasteiger partial charge in [-0.15, -0.1) is 0 Å². The number of carbonyl (C=O) groups is 1. The van der Waals surface area contributed by atoms with Crippen LogP contribution >= 0.6 is 0 Å². The number of unbranched alkanes of at least 4 members (excludes halogenated alkanes) is 3. The van der Waals surface area contributed by atoms with Crippen molar-refractivity contribution in [3.8, 4) is 0 Å². The van der Waals surface area contributed by atoms with Crippen molar-refractivity contribution in [1.29, 1.82) is 0 Å². The van der Waals surface area contributed by atoms with Crippen LogP contribution in [0.2, 0.25) is 0 Å². The molecule has 1 aliphatic heterocycles. The Balaban J connectivity index is 2.46. The minimum absolute atomic E-state index is 0.0847. The normalized spacial score (nSPS) is 24.6. The zero-order valence-corrected chi connectivity index (χ0v) is 11.7. The molecule has 3 heteroatoms. The average molecular weight is 240 g/mol. The summed E-state index contributed by atoms with van der Waals surface area (Å²) in [5.41, 5.74) is 0. The summed E-state index contributed by atoms with van der Waals surface area (Å²) in [4.78, 5) is 14.3. The number of nitrogens with one attached hydrogen (secondary N) is 1. The Morgan fingerprint density at radius 1 is 1.12 bits per heavy atom. The summed E-state index contributed by atoms with van der Waals surface area (Å²) in [5.74, 6) is 0.335. The number of hydrogen-bond acceptors (Lipinski definition) is 2. The highest BCUT2D eigenvalue weighted by Gasteiger charge is 2.36. The van der Waals surface area contributed by atoms with E-state index < -0.39 is 0 Å². The minimum Gasteiger partial charge on any atom is -0.326 e. The number of rotatable bonds is 8. The molecule has 1 rings (SSSR count). The van der Waals surface area contributed by atoms with Gasteiger partial charge in [0.05, 0.1) is 12.2 Å². The summed E-state index contributed by atoms with van der Waals surface area (Å²) in [5, 5.41) is 3.48. The van der Waals surface area contributed by atoms with Crippen molar-refractivity contribution in [3.05, 3.63) is 0 Å². The van der Waals surface area contributed by atoms with Crippen molar-refractivity contribution in [2.24, 2.45) is 0 Å². The molecule has 100 valence electrons. The summed E-state index contributed by atoms with van der Waals surface area (Å²) in [7, 11) is 0. The van der Waals surface area contributed by atoms with E-state index in [0.29, 0.717) is 5.91 Å². The van der Waals surface area contributed by atoms with Gasteiger partial charge in [0, 0.05) is 6.54 Å². The number of carbonyl (C=O) groups excluding carboxylic acids is 1. The summed E-state index contributed by atoms with van der Waals surface area (Å²) < 4.78 is 0. The summed E-state index contributed by atoms with van der Waals surface area (Å²) in [6.07, 6.45) is 8.17. The molecule has 0 aromatic carbocycles. The first-order valence-corrected chi connectivity index (χ1v) is 7.31. The maximum atomic E-state index is 12.2. The molecule has 0 aromatic heterocycles. The van der Waals surface area contributed by atoms with E-state index in [0.717, 1.165) is 38.6 Å². The maximum Gasteiger partial charge on any atom is 0.241 e. The van der Waals surface area contributed by atoms with Crippen LogP contribution in [0, 0.1) is 0 Å². The van der Waals surface area contributed by atoms with Gasteiger partial charge < -0.3 is 4.90 Å². The predicted molar refractivity (Wildman–Crippen MR) is 71.8 cm³/mol. The van der Waals surface area contributed by atoms with Crippen molar-refractivity contribution in [2.45, 2.75) is 77.9 Å². The Kier molecular flexibility index (Phi) is 6.56. The highest BCUT2D eigenvalue weighted by molar-refractivity contribution is 5.84. The van der Waals surface area contributed by atoms with E-state index in [1.54, 1.807) is 0 Å². The van der Waals surface area contributed by atoms with E-state index in [2.05, 4.69) is 31.0 Å².